The lowest BCUT2D eigenvalue weighted by Gasteiger charge is -2.09. The molecular formula is C14H19NO2. The van der Waals surface area contributed by atoms with Gasteiger partial charge in [-0.15, -0.1) is 0 Å². The summed E-state index contributed by atoms with van der Waals surface area (Å²) in [6.07, 6.45) is 0.973. The molecular weight excluding hydrogens is 214 g/mol. The molecule has 1 aromatic rings. The van der Waals surface area contributed by atoms with E-state index in [1.807, 2.05) is 24.3 Å². The van der Waals surface area contributed by atoms with Crippen molar-refractivity contribution < 1.29 is 9.90 Å². The molecule has 0 aromatic heterocycles. The zero-order valence-electron chi connectivity index (χ0n) is 10.4. The van der Waals surface area contributed by atoms with E-state index in [1.165, 1.54) is 0 Å². The maximum atomic E-state index is 11.8. The second-order valence-electron chi connectivity index (χ2n) is 5.39. The van der Waals surface area contributed by atoms with Gasteiger partial charge in [-0.2, -0.15) is 0 Å². The number of carbonyl (C=O) groups is 1. The topological polar surface area (TPSA) is 49.3 Å². The van der Waals surface area contributed by atoms with Crippen molar-refractivity contribution >= 4 is 5.91 Å². The fourth-order valence-corrected chi connectivity index (χ4v) is 2.10. The van der Waals surface area contributed by atoms with Crippen LogP contribution in [0.25, 0.3) is 0 Å². The van der Waals surface area contributed by atoms with Crippen molar-refractivity contribution in [3.63, 3.8) is 0 Å². The molecule has 1 amide bonds. The summed E-state index contributed by atoms with van der Waals surface area (Å²) in [4.78, 5) is 11.8. The molecule has 2 N–H and O–H groups in total. The Morgan fingerprint density at radius 3 is 2.53 bits per heavy atom. The molecule has 1 saturated carbocycles. The first-order chi connectivity index (χ1) is 8.04. The van der Waals surface area contributed by atoms with Gasteiger partial charge in [-0.1, -0.05) is 38.1 Å². The average Bonchev–Trinajstić information content (AvgIpc) is 2.96. The quantitative estimate of drug-likeness (QED) is 0.833. The first kappa shape index (κ1) is 12.1. The van der Waals surface area contributed by atoms with Crippen molar-refractivity contribution in [2.75, 3.05) is 0 Å². The van der Waals surface area contributed by atoms with Crippen LogP contribution in [-0.4, -0.2) is 11.0 Å². The van der Waals surface area contributed by atoms with Gasteiger partial charge in [-0.05, 0) is 23.0 Å². The number of carbonyl (C=O) groups excluding carboxylic acids is 1. The Hall–Kier alpha value is -1.35. The lowest BCUT2D eigenvalue weighted by Crippen LogP contribution is -2.26. The predicted molar refractivity (Wildman–Crippen MR) is 66.1 cm³/mol. The van der Waals surface area contributed by atoms with Crippen LogP contribution >= 0.6 is 0 Å². The molecule has 17 heavy (non-hydrogen) atoms. The fourth-order valence-electron chi connectivity index (χ4n) is 2.10. The number of nitrogens with one attached hydrogen (secondary N) is 1. The molecule has 1 aliphatic rings. The first-order valence-corrected chi connectivity index (χ1v) is 6.00. The van der Waals surface area contributed by atoms with E-state index in [2.05, 4.69) is 19.2 Å². The summed E-state index contributed by atoms with van der Waals surface area (Å²) < 4.78 is 0. The molecule has 0 spiro atoms. The summed E-state index contributed by atoms with van der Waals surface area (Å²) in [6.45, 7) is 4.74. The van der Waals surface area contributed by atoms with Crippen molar-refractivity contribution in [3.05, 3.63) is 35.4 Å². The molecule has 3 nitrogen and oxygen atoms in total. The van der Waals surface area contributed by atoms with E-state index in [0.717, 1.165) is 17.5 Å². The van der Waals surface area contributed by atoms with Crippen molar-refractivity contribution in [3.8, 4) is 0 Å². The maximum Gasteiger partial charge on any atom is 0.223 e. The van der Waals surface area contributed by atoms with Gasteiger partial charge in [-0.25, -0.2) is 0 Å². The number of aliphatic hydroxyl groups excluding tert-OH is 1. The Labute approximate surface area is 102 Å². The fraction of sp³-hybridized carbons (Fsp3) is 0.500. The van der Waals surface area contributed by atoms with Crippen molar-refractivity contribution in [2.45, 2.75) is 33.4 Å². The average molecular weight is 233 g/mol. The largest absolute Gasteiger partial charge is 0.392 e. The molecule has 1 fully saturated rings. The van der Waals surface area contributed by atoms with Crippen molar-refractivity contribution in [1.29, 1.82) is 0 Å². The second-order valence-corrected chi connectivity index (χ2v) is 5.39. The van der Waals surface area contributed by atoms with Gasteiger partial charge in [0.2, 0.25) is 5.91 Å². The van der Waals surface area contributed by atoms with Gasteiger partial charge in [0, 0.05) is 12.5 Å². The smallest absolute Gasteiger partial charge is 0.223 e. The second kappa shape index (κ2) is 4.49. The van der Waals surface area contributed by atoms with E-state index in [9.17, 15) is 9.90 Å². The molecule has 92 valence electrons. The van der Waals surface area contributed by atoms with Crippen LogP contribution in [0, 0.1) is 11.3 Å². The van der Waals surface area contributed by atoms with Crippen molar-refractivity contribution in [1.82, 2.24) is 5.32 Å². The standard InChI is InChI=1S/C14H19NO2/c1-14(2)7-12(14)13(17)15-8-10-5-3-4-6-11(10)9-16/h3-6,12,16H,7-9H2,1-2H3,(H,15,17)/t12-/m1/s1. The molecule has 0 bridgehead atoms. The first-order valence-electron chi connectivity index (χ1n) is 6.00. The van der Waals surface area contributed by atoms with E-state index >= 15 is 0 Å². The molecule has 0 heterocycles. The van der Waals surface area contributed by atoms with Crippen LogP contribution in [0.5, 0.6) is 0 Å². The Bertz CT molecular complexity index is 426. The van der Waals surface area contributed by atoms with E-state index in [0.29, 0.717) is 6.54 Å². The molecule has 2 rings (SSSR count). The zero-order chi connectivity index (χ0) is 12.5. The van der Waals surface area contributed by atoms with Gasteiger partial charge in [0.05, 0.1) is 6.61 Å². The summed E-state index contributed by atoms with van der Waals surface area (Å²) >= 11 is 0. The number of benzene rings is 1. The minimum absolute atomic E-state index is 0.0148. The van der Waals surface area contributed by atoms with E-state index in [1.54, 1.807) is 0 Å². The summed E-state index contributed by atoms with van der Waals surface area (Å²) in [5.41, 5.74) is 2.03. The third-order valence-electron chi connectivity index (χ3n) is 3.57. The number of amides is 1. The van der Waals surface area contributed by atoms with Gasteiger partial charge < -0.3 is 10.4 Å². The van der Waals surface area contributed by atoms with Gasteiger partial charge in [0.25, 0.3) is 0 Å². The number of aliphatic hydroxyl groups is 1. The van der Waals surface area contributed by atoms with E-state index in [-0.39, 0.29) is 23.8 Å². The van der Waals surface area contributed by atoms with Crippen LogP contribution < -0.4 is 5.32 Å². The van der Waals surface area contributed by atoms with Gasteiger partial charge in [-0.3, -0.25) is 4.79 Å². The monoisotopic (exact) mass is 233 g/mol. The molecule has 3 heteroatoms. The Morgan fingerprint density at radius 1 is 1.41 bits per heavy atom. The Morgan fingerprint density at radius 2 is 2.00 bits per heavy atom. The van der Waals surface area contributed by atoms with Crippen LogP contribution in [0.2, 0.25) is 0 Å². The van der Waals surface area contributed by atoms with Gasteiger partial charge in [0.15, 0.2) is 0 Å². The molecule has 0 radical (unpaired) electrons. The normalized spacial score (nSPS) is 21.0. The molecule has 1 aromatic carbocycles. The molecule has 1 atom stereocenters. The summed E-state index contributed by atoms with van der Waals surface area (Å²) in [7, 11) is 0. The number of hydrogen-bond donors (Lipinski definition) is 2. The number of rotatable bonds is 4. The van der Waals surface area contributed by atoms with Gasteiger partial charge in [0.1, 0.15) is 0 Å². The molecule has 0 unspecified atom stereocenters. The van der Waals surface area contributed by atoms with Crippen molar-refractivity contribution in [2.24, 2.45) is 11.3 Å². The van der Waals surface area contributed by atoms with Crippen LogP contribution in [0.4, 0.5) is 0 Å². The molecule has 0 aliphatic heterocycles. The van der Waals surface area contributed by atoms with E-state index < -0.39 is 0 Å². The molecule has 1 aliphatic carbocycles. The summed E-state index contributed by atoms with van der Waals surface area (Å²) in [5.74, 6) is 0.284. The van der Waals surface area contributed by atoms with Crippen LogP contribution in [-0.2, 0) is 17.9 Å². The highest BCUT2D eigenvalue weighted by Crippen LogP contribution is 2.51. The van der Waals surface area contributed by atoms with Crippen LogP contribution in [0.15, 0.2) is 24.3 Å². The lowest BCUT2D eigenvalue weighted by molar-refractivity contribution is -0.123. The number of hydrogen-bond acceptors (Lipinski definition) is 2. The summed E-state index contributed by atoms with van der Waals surface area (Å²) in [6, 6.07) is 7.62. The maximum absolute atomic E-state index is 11.8. The third kappa shape index (κ3) is 2.67. The highest BCUT2D eigenvalue weighted by Gasteiger charge is 2.50. The van der Waals surface area contributed by atoms with E-state index in [4.69, 9.17) is 0 Å². The highest BCUT2D eigenvalue weighted by atomic mass is 16.3. The molecule has 0 saturated heterocycles. The summed E-state index contributed by atoms with van der Waals surface area (Å²) in [5, 5.41) is 12.1. The minimum Gasteiger partial charge on any atom is -0.392 e. The Kier molecular flexibility index (Phi) is 3.20. The third-order valence-corrected chi connectivity index (χ3v) is 3.57. The van der Waals surface area contributed by atoms with Crippen LogP contribution in [0.3, 0.4) is 0 Å². The Balaban J connectivity index is 1.92. The SMILES string of the molecule is CC1(C)C[C@@H]1C(=O)NCc1ccccc1CO. The highest BCUT2D eigenvalue weighted by molar-refractivity contribution is 5.82. The predicted octanol–water partition coefficient (Wildman–Crippen LogP) is 1.84. The van der Waals surface area contributed by atoms with Crippen LogP contribution in [0.1, 0.15) is 31.4 Å². The zero-order valence-corrected chi connectivity index (χ0v) is 10.4. The van der Waals surface area contributed by atoms with Gasteiger partial charge >= 0.3 is 0 Å². The lowest BCUT2D eigenvalue weighted by atomic mass is 10.1. The minimum atomic E-state index is 0.0148.